The molecule has 2 N–H and O–H groups in total. The average molecular weight is 244 g/mol. The number of benzene rings is 1. The van der Waals surface area contributed by atoms with Crippen LogP contribution in [0.1, 0.15) is 24.6 Å². The van der Waals surface area contributed by atoms with E-state index in [0.717, 1.165) is 12.3 Å². The van der Waals surface area contributed by atoms with Gasteiger partial charge >= 0.3 is 0 Å². The van der Waals surface area contributed by atoms with Crippen LogP contribution in [0.2, 0.25) is 0 Å². The Hall–Kier alpha value is -1.48. The maximum atomic E-state index is 5.99. The number of aromatic nitrogens is 1. The van der Waals surface area contributed by atoms with E-state index >= 15 is 0 Å². The highest BCUT2D eigenvalue weighted by Crippen LogP contribution is 2.34. The third-order valence-corrected chi connectivity index (χ3v) is 3.81. The van der Waals surface area contributed by atoms with Crippen molar-refractivity contribution in [3.63, 3.8) is 0 Å². The number of fused-ring (bicyclic) bond motifs is 3. The van der Waals surface area contributed by atoms with Gasteiger partial charge in [-0.1, -0.05) is 0 Å². The molecule has 1 aliphatic rings. The van der Waals surface area contributed by atoms with Crippen LogP contribution in [0.4, 0.5) is 0 Å². The van der Waals surface area contributed by atoms with Gasteiger partial charge in [-0.2, -0.15) is 0 Å². The SMILES string of the molecule is COc1ccc2c3c(n(CC(C)N)c2c1)CCC3. The monoisotopic (exact) mass is 244 g/mol. The predicted molar refractivity (Wildman–Crippen MR) is 74.2 cm³/mol. The van der Waals surface area contributed by atoms with Gasteiger partial charge in [-0.15, -0.1) is 0 Å². The van der Waals surface area contributed by atoms with Crippen LogP contribution in [0.15, 0.2) is 18.2 Å². The minimum Gasteiger partial charge on any atom is -0.497 e. The Bertz CT molecular complexity index is 584. The Labute approximate surface area is 108 Å². The van der Waals surface area contributed by atoms with Crippen molar-refractivity contribution in [1.29, 1.82) is 0 Å². The van der Waals surface area contributed by atoms with Crippen molar-refractivity contribution >= 4 is 10.9 Å². The van der Waals surface area contributed by atoms with Gasteiger partial charge in [-0.25, -0.2) is 0 Å². The second-order valence-electron chi connectivity index (χ2n) is 5.25. The summed E-state index contributed by atoms with van der Waals surface area (Å²) < 4.78 is 7.73. The number of methoxy groups -OCH3 is 1. The van der Waals surface area contributed by atoms with Crippen molar-refractivity contribution in [3.05, 3.63) is 29.5 Å². The summed E-state index contributed by atoms with van der Waals surface area (Å²) in [5.74, 6) is 0.921. The highest BCUT2D eigenvalue weighted by Gasteiger charge is 2.21. The van der Waals surface area contributed by atoms with Crippen LogP contribution in [0.25, 0.3) is 10.9 Å². The van der Waals surface area contributed by atoms with Gasteiger partial charge in [-0.05, 0) is 43.9 Å². The molecule has 0 radical (unpaired) electrons. The fourth-order valence-electron chi connectivity index (χ4n) is 3.07. The average Bonchev–Trinajstić information content (AvgIpc) is 2.92. The molecule has 1 atom stereocenters. The zero-order chi connectivity index (χ0) is 12.7. The zero-order valence-corrected chi connectivity index (χ0v) is 11.1. The lowest BCUT2D eigenvalue weighted by Gasteiger charge is -2.12. The summed E-state index contributed by atoms with van der Waals surface area (Å²) in [5, 5.41) is 1.38. The molecule has 1 aromatic heterocycles. The Morgan fingerprint density at radius 2 is 2.22 bits per heavy atom. The fourth-order valence-corrected chi connectivity index (χ4v) is 3.07. The molecule has 0 saturated carbocycles. The minimum absolute atomic E-state index is 0.177. The number of hydrogen-bond donors (Lipinski definition) is 1. The highest BCUT2D eigenvalue weighted by atomic mass is 16.5. The van der Waals surface area contributed by atoms with Gasteiger partial charge in [0.25, 0.3) is 0 Å². The number of nitrogens with two attached hydrogens (primary N) is 1. The third-order valence-electron chi connectivity index (χ3n) is 3.81. The van der Waals surface area contributed by atoms with Crippen molar-refractivity contribution in [2.24, 2.45) is 5.73 Å². The first-order chi connectivity index (χ1) is 8.70. The Morgan fingerprint density at radius 1 is 1.39 bits per heavy atom. The summed E-state index contributed by atoms with van der Waals surface area (Å²) in [5.41, 5.74) is 10.3. The van der Waals surface area contributed by atoms with Crippen LogP contribution in [0, 0.1) is 0 Å². The normalized spacial score (nSPS) is 15.9. The molecule has 0 fully saturated rings. The second kappa shape index (κ2) is 4.32. The molecule has 96 valence electrons. The first-order valence-electron chi connectivity index (χ1n) is 6.64. The van der Waals surface area contributed by atoms with Crippen LogP contribution < -0.4 is 10.5 Å². The van der Waals surface area contributed by atoms with Crippen LogP contribution >= 0.6 is 0 Å². The third kappa shape index (κ3) is 1.70. The molecule has 1 aliphatic carbocycles. The Morgan fingerprint density at radius 3 is 2.94 bits per heavy atom. The molecule has 2 aromatic rings. The fraction of sp³-hybridized carbons (Fsp3) is 0.467. The molecule has 3 nitrogen and oxygen atoms in total. The molecule has 0 aliphatic heterocycles. The molecule has 3 rings (SSSR count). The summed E-state index contributed by atoms with van der Waals surface area (Å²) >= 11 is 0. The van der Waals surface area contributed by atoms with Gasteiger partial charge in [0.05, 0.1) is 12.6 Å². The molecule has 0 saturated heterocycles. The topological polar surface area (TPSA) is 40.2 Å². The van der Waals surface area contributed by atoms with E-state index in [9.17, 15) is 0 Å². The number of rotatable bonds is 3. The van der Waals surface area contributed by atoms with Gasteiger partial charge in [0.2, 0.25) is 0 Å². The van der Waals surface area contributed by atoms with E-state index in [1.54, 1.807) is 7.11 Å². The van der Waals surface area contributed by atoms with Crippen molar-refractivity contribution in [2.75, 3.05) is 7.11 Å². The van der Waals surface area contributed by atoms with E-state index in [-0.39, 0.29) is 6.04 Å². The van der Waals surface area contributed by atoms with Gasteiger partial charge in [0.15, 0.2) is 0 Å². The van der Waals surface area contributed by atoms with Crippen LogP contribution in [0.5, 0.6) is 5.75 Å². The molecule has 3 heteroatoms. The van der Waals surface area contributed by atoms with E-state index in [1.165, 1.54) is 41.4 Å². The van der Waals surface area contributed by atoms with Crippen molar-refractivity contribution in [1.82, 2.24) is 4.57 Å². The minimum atomic E-state index is 0.177. The van der Waals surface area contributed by atoms with Gasteiger partial charge < -0.3 is 15.0 Å². The molecule has 1 aromatic carbocycles. The standard InChI is InChI=1S/C15H20N2O/c1-10(16)9-17-14-5-3-4-12(14)13-7-6-11(18-2)8-15(13)17/h6-8,10H,3-5,9,16H2,1-2H3. The number of ether oxygens (including phenoxy) is 1. The number of nitrogens with zero attached hydrogens (tertiary/aromatic N) is 1. The molecular weight excluding hydrogens is 224 g/mol. The van der Waals surface area contributed by atoms with Crippen molar-refractivity contribution in [3.8, 4) is 5.75 Å². The van der Waals surface area contributed by atoms with E-state index in [1.807, 2.05) is 0 Å². The molecule has 0 amide bonds. The summed E-state index contributed by atoms with van der Waals surface area (Å²) in [7, 11) is 1.72. The predicted octanol–water partition coefficient (Wildman–Crippen LogP) is 2.49. The van der Waals surface area contributed by atoms with Gasteiger partial charge in [0, 0.05) is 29.7 Å². The lowest BCUT2D eigenvalue weighted by atomic mass is 10.1. The molecule has 1 heterocycles. The quantitative estimate of drug-likeness (QED) is 0.901. The van der Waals surface area contributed by atoms with Crippen molar-refractivity contribution in [2.45, 2.75) is 38.8 Å². The molecule has 18 heavy (non-hydrogen) atoms. The summed E-state index contributed by atoms with van der Waals surface area (Å²) in [4.78, 5) is 0. The second-order valence-corrected chi connectivity index (χ2v) is 5.25. The van der Waals surface area contributed by atoms with Crippen LogP contribution in [-0.2, 0) is 19.4 Å². The van der Waals surface area contributed by atoms with Crippen molar-refractivity contribution < 1.29 is 4.74 Å². The summed E-state index contributed by atoms with van der Waals surface area (Å²) in [6.45, 7) is 2.95. The number of aryl methyl sites for hydroxylation is 1. The van der Waals surface area contributed by atoms with Gasteiger partial charge in [0.1, 0.15) is 5.75 Å². The summed E-state index contributed by atoms with van der Waals surface area (Å²) in [6.07, 6.45) is 3.65. The van der Waals surface area contributed by atoms with E-state index in [0.29, 0.717) is 0 Å². The molecule has 0 bridgehead atoms. The molecular formula is C15H20N2O. The van der Waals surface area contributed by atoms with E-state index < -0.39 is 0 Å². The highest BCUT2D eigenvalue weighted by molar-refractivity contribution is 5.87. The molecule has 0 spiro atoms. The Balaban J connectivity index is 2.23. The Kier molecular flexibility index (Phi) is 2.78. The zero-order valence-electron chi connectivity index (χ0n) is 11.1. The maximum absolute atomic E-state index is 5.99. The first-order valence-corrected chi connectivity index (χ1v) is 6.64. The number of hydrogen-bond acceptors (Lipinski definition) is 2. The first kappa shape index (κ1) is 11.6. The maximum Gasteiger partial charge on any atom is 0.120 e. The van der Waals surface area contributed by atoms with Gasteiger partial charge in [-0.3, -0.25) is 0 Å². The lowest BCUT2D eigenvalue weighted by molar-refractivity contribution is 0.415. The van der Waals surface area contributed by atoms with Crippen LogP contribution in [-0.4, -0.2) is 17.7 Å². The smallest absolute Gasteiger partial charge is 0.120 e. The lowest BCUT2D eigenvalue weighted by Crippen LogP contribution is -2.23. The largest absolute Gasteiger partial charge is 0.497 e. The summed E-state index contributed by atoms with van der Waals surface area (Å²) in [6, 6.07) is 6.56. The van der Waals surface area contributed by atoms with E-state index in [2.05, 4.69) is 29.7 Å². The van der Waals surface area contributed by atoms with E-state index in [4.69, 9.17) is 10.5 Å². The molecule has 1 unspecified atom stereocenters. The van der Waals surface area contributed by atoms with Crippen LogP contribution in [0.3, 0.4) is 0 Å².